The summed E-state index contributed by atoms with van der Waals surface area (Å²) in [6.07, 6.45) is 5.89. The summed E-state index contributed by atoms with van der Waals surface area (Å²) in [6.45, 7) is 4.41. The van der Waals surface area contributed by atoms with Gasteiger partial charge in [-0.1, -0.05) is 37.5 Å². The highest BCUT2D eigenvalue weighted by molar-refractivity contribution is 5.72. The molecule has 0 radical (unpaired) electrons. The van der Waals surface area contributed by atoms with Crippen LogP contribution in [0, 0.1) is 0 Å². The lowest BCUT2D eigenvalue weighted by Gasteiger charge is -2.32. The van der Waals surface area contributed by atoms with E-state index in [1.807, 2.05) is 24.3 Å². The first kappa shape index (κ1) is 21.7. The number of benzene rings is 1. The van der Waals surface area contributed by atoms with Gasteiger partial charge in [0.05, 0.1) is 0 Å². The summed E-state index contributed by atoms with van der Waals surface area (Å²) in [4.78, 5) is 13.2. The predicted molar refractivity (Wildman–Crippen MR) is 108 cm³/mol. The molecule has 27 heavy (non-hydrogen) atoms. The number of ether oxygens (including phenoxy) is 1. The van der Waals surface area contributed by atoms with Gasteiger partial charge in [-0.2, -0.15) is 0 Å². The summed E-state index contributed by atoms with van der Waals surface area (Å²) in [7, 11) is 2.10. The van der Waals surface area contributed by atoms with Gasteiger partial charge >= 0.3 is 0 Å². The predicted octanol–water partition coefficient (Wildman–Crippen LogP) is 1.92. The van der Waals surface area contributed by atoms with Crippen molar-refractivity contribution in [1.82, 2.24) is 15.5 Å². The van der Waals surface area contributed by atoms with Crippen molar-refractivity contribution in [2.24, 2.45) is 0 Å². The number of rotatable bonds is 11. The first-order valence-electron chi connectivity index (χ1n) is 10.1. The van der Waals surface area contributed by atoms with E-state index >= 15 is 0 Å². The Kier molecular flexibility index (Phi) is 9.59. The van der Waals surface area contributed by atoms with E-state index in [0.717, 1.165) is 11.3 Å². The van der Waals surface area contributed by atoms with Gasteiger partial charge in [-0.25, -0.2) is 0 Å². The first-order valence-corrected chi connectivity index (χ1v) is 10.1. The average Bonchev–Trinajstić information content (AvgIpc) is 2.67. The molecule has 0 aromatic heterocycles. The Labute approximate surface area is 163 Å². The molecule has 1 saturated carbocycles. The zero-order valence-electron chi connectivity index (χ0n) is 16.7. The lowest BCUT2D eigenvalue weighted by Crippen LogP contribution is -2.40. The van der Waals surface area contributed by atoms with Crippen LogP contribution < -0.4 is 15.4 Å². The summed E-state index contributed by atoms with van der Waals surface area (Å²) in [6, 6.07) is 8.46. The van der Waals surface area contributed by atoms with Crippen molar-refractivity contribution in [3.8, 4) is 5.75 Å². The standard InChI is InChI=1S/C21H35N3O3/c1-17(25)23-13-12-22-14-18-8-6-7-11-21(18)27-16-20(26)15-24(2)19-9-4-3-5-10-19/h6-8,11,19-20,22,26H,3-5,9-10,12-16H2,1-2H3,(H,23,25). The molecule has 1 amide bonds. The minimum atomic E-state index is -0.502. The van der Waals surface area contributed by atoms with Gasteiger partial charge < -0.3 is 25.4 Å². The van der Waals surface area contributed by atoms with Gasteiger partial charge in [0.1, 0.15) is 18.5 Å². The third-order valence-electron chi connectivity index (χ3n) is 5.09. The molecular weight excluding hydrogens is 342 g/mol. The number of aliphatic hydroxyl groups excluding tert-OH is 1. The second kappa shape index (κ2) is 12.0. The maximum Gasteiger partial charge on any atom is 0.216 e. The van der Waals surface area contributed by atoms with Gasteiger partial charge in [-0.05, 0) is 26.0 Å². The third-order valence-corrected chi connectivity index (χ3v) is 5.09. The second-order valence-electron chi connectivity index (χ2n) is 7.46. The molecule has 1 aliphatic rings. The molecule has 6 nitrogen and oxygen atoms in total. The fourth-order valence-electron chi connectivity index (χ4n) is 3.58. The summed E-state index contributed by atoms with van der Waals surface area (Å²) in [5.74, 6) is 0.775. The fourth-order valence-corrected chi connectivity index (χ4v) is 3.58. The molecule has 0 saturated heterocycles. The maximum absolute atomic E-state index is 10.9. The number of hydrogen-bond donors (Lipinski definition) is 3. The molecule has 152 valence electrons. The van der Waals surface area contributed by atoms with Gasteiger partial charge in [0, 0.05) is 44.7 Å². The van der Waals surface area contributed by atoms with Crippen molar-refractivity contribution in [2.45, 2.75) is 57.7 Å². The Morgan fingerprint density at radius 3 is 2.74 bits per heavy atom. The normalized spacial score (nSPS) is 16.3. The number of carbonyl (C=O) groups excluding carboxylic acids is 1. The number of para-hydroxylation sites is 1. The molecule has 0 spiro atoms. The van der Waals surface area contributed by atoms with Gasteiger partial charge in [0.15, 0.2) is 0 Å². The lowest BCUT2D eigenvalue weighted by atomic mass is 9.94. The van der Waals surface area contributed by atoms with Crippen LogP contribution in [0.25, 0.3) is 0 Å². The van der Waals surface area contributed by atoms with Crippen LogP contribution in [0.2, 0.25) is 0 Å². The summed E-state index contributed by atoms with van der Waals surface area (Å²) >= 11 is 0. The third kappa shape index (κ3) is 8.28. The Hall–Kier alpha value is -1.63. The van der Waals surface area contributed by atoms with Gasteiger partial charge in [-0.3, -0.25) is 4.79 Å². The highest BCUT2D eigenvalue weighted by Crippen LogP contribution is 2.22. The monoisotopic (exact) mass is 377 g/mol. The Balaban J connectivity index is 1.73. The molecule has 1 unspecified atom stereocenters. The van der Waals surface area contributed by atoms with Crippen LogP contribution >= 0.6 is 0 Å². The van der Waals surface area contributed by atoms with E-state index in [-0.39, 0.29) is 5.91 Å². The highest BCUT2D eigenvalue weighted by atomic mass is 16.5. The minimum Gasteiger partial charge on any atom is -0.491 e. The number of carbonyl (C=O) groups is 1. The van der Waals surface area contributed by atoms with Gasteiger partial charge in [0.25, 0.3) is 0 Å². The number of hydrogen-bond acceptors (Lipinski definition) is 5. The van der Waals surface area contributed by atoms with Crippen molar-refractivity contribution in [3.05, 3.63) is 29.8 Å². The second-order valence-corrected chi connectivity index (χ2v) is 7.46. The molecular formula is C21H35N3O3. The average molecular weight is 378 g/mol. The topological polar surface area (TPSA) is 73.8 Å². The van der Waals surface area contributed by atoms with Gasteiger partial charge in [0.2, 0.25) is 5.91 Å². The molecule has 1 aromatic carbocycles. The van der Waals surface area contributed by atoms with E-state index in [1.54, 1.807) is 0 Å². The van der Waals surface area contributed by atoms with Crippen LogP contribution in [0.5, 0.6) is 5.75 Å². The van der Waals surface area contributed by atoms with Crippen molar-refractivity contribution in [3.63, 3.8) is 0 Å². The maximum atomic E-state index is 10.9. The van der Waals surface area contributed by atoms with E-state index in [2.05, 4.69) is 22.6 Å². The SMILES string of the molecule is CC(=O)NCCNCc1ccccc1OCC(O)CN(C)C1CCCCC1. The Morgan fingerprint density at radius 1 is 1.26 bits per heavy atom. The van der Waals surface area contributed by atoms with E-state index in [9.17, 15) is 9.90 Å². The number of amides is 1. The van der Waals surface area contributed by atoms with E-state index < -0.39 is 6.10 Å². The van der Waals surface area contributed by atoms with Gasteiger partial charge in [-0.15, -0.1) is 0 Å². The fraction of sp³-hybridized carbons (Fsp3) is 0.667. The van der Waals surface area contributed by atoms with Crippen molar-refractivity contribution < 1.29 is 14.6 Å². The van der Waals surface area contributed by atoms with Crippen molar-refractivity contribution in [1.29, 1.82) is 0 Å². The Bertz CT molecular complexity index is 561. The number of aliphatic hydroxyl groups is 1. The van der Waals surface area contributed by atoms with Crippen LogP contribution in [0.4, 0.5) is 0 Å². The van der Waals surface area contributed by atoms with E-state index in [1.165, 1.54) is 39.0 Å². The van der Waals surface area contributed by atoms with Crippen LogP contribution in [0.1, 0.15) is 44.6 Å². The summed E-state index contributed by atoms with van der Waals surface area (Å²) < 4.78 is 5.90. The quantitative estimate of drug-likeness (QED) is 0.514. The van der Waals surface area contributed by atoms with Crippen LogP contribution in [0.3, 0.4) is 0 Å². The number of nitrogens with zero attached hydrogens (tertiary/aromatic N) is 1. The van der Waals surface area contributed by atoms with E-state index in [0.29, 0.717) is 38.8 Å². The Morgan fingerprint density at radius 2 is 2.00 bits per heavy atom. The minimum absolute atomic E-state index is 0.0206. The van der Waals surface area contributed by atoms with Crippen molar-refractivity contribution in [2.75, 3.05) is 33.3 Å². The molecule has 6 heteroatoms. The highest BCUT2D eigenvalue weighted by Gasteiger charge is 2.20. The zero-order chi connectivity index (χ0) is 19.5. The molecule has 0 bridgehead atoms. The molecule has 1 aromatic rings. The molecule has 3 N–H and O–H groups in total. The van der Waals surface area contributed by atoms with E-state index in [4.69, 9.17) is 4.74 Å². The molecule has 2 rings (SSSR count). The number of nitrogens with one attached hydrogen (secondary N) is 2. The summed E-state index contributed by atoms with van der Waals surface area (Å²) in [5.41, 5.74) is 1.05. The van der Waals surface area contributed by atoms with Crippen LogP contribution in [-0.4, -0.2) is 61.3 Å². The smallest absolute Gasteiger partial charge is 0.216 e. The zero-order valence-corrected chi connectivity index (χ0v) is 16.7. The molecule has 0 aliphatic heterocycles. The van der Waals surface area contributed by atoms with Crippen LogP contribution in [0.15, 0.2) is 24.3 Å². The molecule has 1 aliphatic carbocycles. The lowest BCUT2D eigenvalue weighted by molar-refractivity contribution is -0.118. The number of likely N-dealkylation sites (N-methyl/N-ethyl adjacent to an activating group) is 1. The molecule has 1 atom stereocenters. The molecule has 0 heterocycles. The largest absolute Gasteiger partial charge is 0.491 e. The first-order chi connectivity index (χ1) is 13.1. The van der Waals surface area contributed by atoms with Crippen LogP contribution in [-0.2, 0) is 11.3 Å². The summed E-state index contributed by atoms with van der Waals surface area (Å²) in [5, 5.41) is 16.4. The molecule has 1 fully saturated rings. The van der Waals surface area contributed by atoms with Crippen molar-refractivity contribution >= 4 is 5.91 Å².